The highest BCUT2D eigenvalue weighted by Crippen LogP contribution is 2.36. The van der Waals surface area contributed by atoms with Crippen molar-refractivity contribution in [2.75, 3.05) is 26.8 Å². The van der Waals surface area contributed by atoms with Gasteiger partial charge >= 0.3 is 13.2 Å². The highest BCUT2D eigenvalue weighted by Gasteiger charge is 2.49. The molecule has 0 bridgehead atoms. The van der Waals surface area contributed by atoms with E-state index in [0.29, 0.717) is 19.8 Å². The van der Waals surface area contributed by atoms with Gasteiger partial charge in [-0.15, -0.1) is 0 Å². The zero-order valence-corrected chi connectivity index (χ0v) is 16.3. The van der Waals surface area contributed by atoms with Crippen LogP contribution in [0.2, 0.25) is 0 Å². The Morgan fingerprint density at radius 3 is 2.21 bits per heavy atom. The third-order valence-electron chi connectivity index (χ3n) is 4.05. The van der Waals surface area contributed by atoms with Gasteiger partial charge in [0.15, 0.2) is 0 Å². The highest BCUT2D eigenvalue weighted by molar-refractivity contribution is 6.51. The number of hydrogen-bond acceptors (Lipinski definition) is 5. The number of carbonyl (C=O) groups is 1. The second kappa shape index (κ2) is 7.89. The lowest BCUT2D eigenvalue weighted by atomic mass is 9.90. The maximum atomic E-state index is 11.8. The molecule has 138 valence electrons. The van der Waals surface area contributed by atoms with Crippen LogP contribution in [-0.2, 0) is 18.8 Å². The minimum atomic E-state index is -0.488. The van der Waals surface area contributed by atoms with Crippen molar-refractivity contribution < 1.29 is 23.6 Å². The zero-order chi connectivity index (χ0) is 18.6. The van der Waals surface area contributed by atoms with E-state index in [9.17, 15) is 4.79 Å². The van der Waals surface area contributed by atoms with E-state index in [1.165, 1.54) is 4.90 Å². The SMILES string of the molecule is CN(CCOC/C=C/B1OC(C)(C)C(C)(C)O1)C(=O)OC(C)(C)C. The van der Waals surface area contributed by atoms with Crippen LogP contribution in [0, 0.1) is 0 Å². The molecule has 6 nitrogen and oxygen atoms in total. The molecule has 7 heteroatoms. The first kappa shape index (κ1) is 21.0. The fourth-order valence-electron chi connectivity index (χ4n) is 1.92. The van der Waals surface area contributed by atoms with Crippen LogP contribution in [0.25, 0.3) is 0 Å². The van der Waals surface area contributed by atoms with Crippen molar-refractivity contribution >= 4 is 13.2 Å². The summed E-state index contributed by atoms with van der Waals surface area (Å²) in [5.41, 5.74) is -1.16. The van der Waals surface area contributed by atoms with Crippen LogP contribution in [-0.4, -0.2) is 61.7 Å². The molecule has 24 heavy (non-hydrogen) atoms. The third kappa shape index (κ3) is 6.45. The number of ether oxygens (including phenoxy) is 2. The summed E-state index contributed by atoms with van der Waals surface area (Å²) >= 11 is 0. The van der Waals surface area contributed by atoms with Crippen LogP contribution in [0.1, 0.15) is 48.5 Å². The monoisotopic (exact) mass is 341 g/mol. The molecular weight excluding hydrogens is 309 g/mol. The molecule has 0 saturated carbocycles. The standard InChI is InChI=1S/C17H32BNO5/c1-15(2,3)22-14(20)19(8)11-13-21-12-9-10-18-23-16(4,5)17(6,7)24-18/h9-10H,11-13H2,1-8H3/b10-9+. The molecule has 0 aromatic heterocycles. The lowest BCUT2D eigenvalue weighted by molar-refractivity contribution is 0.00578. The summed E-state index contributed by atoms with van der Waals surface area (Å²) in [5, 5.41) is 0. The molecule has 1 heterocycles. The smallest absolute Gasteiger partial charge is 0.444 e. The molecule has 0 radical (unpaired) electrons. The Bertz CT molecular complexity index is 440. The molecule has 1 rings (SSSR count). The number of amides is 1. The normalized spacial score (nSPS) is 19.8. The number of likely N-dealkylation sites (N-methyl/N-ethyl adjacent to an activating group) is 1. The Labute approximate surface area is 146 Å². The van der Waals surface area contributed by atoms with Crippen molar-refractivity contribution in [2.45, 2.75) is 65.3 Å². The Morgan fingerprint density at radius 2 is 1.71 bits per heavy atom. The zero-order valence-electron chi connectivity index (χ0n) is 16.3. The maximum absolute atomic E-state index is 11.8. The second-order valence-corrected chi connectivity index (χ2v) is 8.03. The minimum absolute atomic E-state index is 0.334. The first-order valence-electron chi connectivity index (χ1n) is 8.38. The van der Waals surface area contributed by atoms with Gasteiger partial charge in [0.2, 0.25) is 0 Å². The summed E-state index contributed by atoms with van der Waals surface area (Å²) in [6.07, 6.45) is 1.52. The Kier molecular flexibility index (Phi) is 6.90. The molecule has 1 amide bonds. The van der Waals surface area contributed by atoms with Gasteiger partial charge in [-0.2, -0.15) is 0 Å². The van der Waals surface area contributed by atoms with Gasteiger partial charge in [0.05, 0.1) is 24.4 Å². The van der Waals surface area contributed by atoms with Crippen LogP contribution >= 0.6 is 0 Å². The van der Waals surface area contributed by atoms with Gasteiger partial charge < -0.3 is 23.7 Å². The van der Waals surface area contributed by atoms with Crippen LogP contribution in [0.3, 0.4) is 0 Å². The summed E-state index contributed by atoms with van der Waals surface area (Å²) in [4.78, 5) is 13.3. The minimum Gasteiger partial charge on any atom is -0.444 e. The first-order chi connectivity index (χ1) is 10.8. The molecule has 0 aromatic rings. The van der Waals surface area contributed by atoms with Gasteiger partial charge in [-0.3, -0.25) is 0 Å². The molecule has 0 spiro atoms. The average Bonchev–Trinajstić information content (AvgIpc) is 2.59. The van der Waals surface area contributed by atoms with Crippen LogP contribution in [0.5, 0.6) is 0 Å². The summed E-state index contributed by atoms with van der Waals surface area (Å²) in [6.45, 7) is 14.9. The van der Waals surface area contributed by atoms with Crippen molar-refractivity contribution in [2.24, 2.45) is 0 Å². The van der Waals surface area contributed by atoms with Crippen LogP contribution < -0.4 is 0 Å². The summed E-state index contributed by atoms with van der Waals surface area (Å²) in [6, 6.07) is 0. The third-order valence-corrected chi connectivity index (χ3v) is 4.05. The Hall–Kier alpha value is -1.05. The van der Waals surface area contributed by atoms with Gasteiger partial charge in [0, 0.05) is 13.6 Å². The Morgan fingerprint density at radius 1 is 1.17 bits per heavy atom. The van der Waals surface area contributed by atoms with Crippen molar-refractivity contribution in [1.82, 2.24) is 4.90 Å². The van der Waals surface area contributed by atoms with E-state index in [4.69, 9.17) is 18.8 Å². The average molecular weight is 341 g/mol. The van der Waals surface area contributed by atoms with Gasteiger partial charge in [-0.05, 0) is 48.5 Å². The molecule has 1 fully saturated rings. The molecular formula is C17H32BNO5. The van der Waals surface area contributed by atoms with Crippen molar-refractivity contribution in [1.29, 1.82) is 0 Å². The number of hydrogen-bond donors (Lipinski definition) is 0. The van der Waals surface area contributed by atoms with Crippen LogP contribution in [0.4, 0.5) is 4.79 Å². The van der Waals surface area contributed by atoms with Crippen molar-refractivity contribution in [3.8, 4) is 0 Å². The summed E-state index contributed by atoms with van der Waals surface area (Å²) in [7, 11) is 1.33. The van der Waals surface area contributed by atoms with Crippen molar-refractivity contribution in [3.05, 3.63) is 12.1 Å². The first-order valence-corrected chi connectivity index (χ1v) is 8.38. The predicted molar refractivity (Wildman–Crippen MR) is 94.9 cm³/mol. The van der Waals surface area contributed by atoms with E-state index >= 15 is 0 Å². The fourth-order valence-corrected chi connectivity index (χ4v) is 1.92. The van der Waals surface area contributed by atoms with Gasteiger partial charge in [-0.25, -0.2) is 4.79 Å². The van der Waals surface area contributed by atoms with E-state index in [1.807, 2.05) is 60.5 Å². The van der Waals surface area contributed by atoms with Gasteiger partial charge in [0.25, 0.3) is 0 Å². The van der Waals surface area contributed by atoms with E-state index in [0.717, 1.165) is 0 Å². The molecule has 0 atom stereocenters. The topological polar surface area (TPSA) is 57.2 Å². The molecule has 1 aliphatic heterocycles. The molecule has 0 unspecified atom stereocenters. The van der Waals surface area contributed by atoms with E-state index in [1.54, 1.807) is 7.05 Å². The fraction of sp³-hybridized carbons (Fsp3) is 0.824. The number of carbonyl (C=O) groups excluding carboxylic acids is 1. The lowest BCUT2D eigenvalue weighted by Gasteiger charge is -2.32. The highest BCUT2D eigenvalue weighted by atomic mass is 16.7. The second-order valence-electron chi connectivity index (χ2n) is 8.03. The quantitative estimate of drug-likeness (QED) is 0.549. The summed E-state index contributed by atoms with van der Waals surface area (Å²) in [5.74, 6) is 1.86. The molecule has 1 saturated heterocycles. The van der Waals surface area contributed by atoms with E-state index in [-0.39, 0.29) is 24.4 Å². The largest absolute Gasteiger partial charge is 0.486 e. The molecule has 1 aliphatic rings. The van der Waals surface area contributed by atoms with Crippen molar-refractivity contribution in [3.63, 3.8) is 0 Å². The molecule has 0 aliphatic carbocycles. The molecule has 0 N–H and O–H groups in total. The van der Waals surface area contributed by atoms with E-state index < -0.39 is 5.60 Å². The van der Waals surface area contributed by atoms with Gasteiger partial charge in [0.1, 0.15) is 5.60 Å². The maximum Gasteiger partial charge on any atom is 0.486 e. The van der Waals surface area contributed by atoms with Gasteiger partial charge in [-0.1, -0.05) is 12.1 Å². The number of nitrogens with zero attached hydrogens (tertiary/aromatic N) is 1. The lowest BCUT2D eigenvalue weighted by Crippen LogP contribution is -2.41. The summed E-state index contributed by atoms with van der Waals surface area (Å²) < 4.78 is 22.5. The number of rotatable bonds is 6. The van der Waals surface area contributed by atoms with E-state index in [2.05, 4.69) is 0 Å². The Balaban J connectivity index is 2.22. The predicted octanol–water partition coefficient (Wildman–Crippen LogP) is 3.06. The molecule has 0 aromatic carbocycles. The van der Waals surface area contributed by atoms with Crippen LogP contribution in [0.15, 0.2) is 12.1 Å².